The predicted octanol–water partition coefficient (Wildman–Crippen LogP) is 2.67. The number of hydrogen-bond donors (Lipinski definition) is 0. The molecule has 1 aromatic carbocycles. The Bertz CT molecular complexity index is 768. The smallest absolute Gasteiger partial charge is 0.0995 e. The zero-order valence-electron chi connectivity index (χ0n) is 13.9. The van der Waals surface area contributed by atoms with Crippen LogP contribution in [0.1, 0.15) is 37.1 Å². The summed E-state index contributed by atoms with van der Waals surface area (Å²) in [7, 11) is 0. The van der Waals surface area contributed by atoms with Crippen LogP contribution in [0.2, 0.25) is 0 Å². The third kappa shape index (κ3) is 3.10. The van der Waals surface area contributed by atoms with Crippen molar-refractivity contribution >= 4 is 0 Å². The fourth-order valence-corrected chi connectivity index (χ4v) is 3.26. The fraction of sp³-hybridized carbons (Fsp3) is 0.389. The SMILES string of the molecule is CC(c1cn(Cc2ccc(-n3cccn3)cc2)nn1)N1CCCC1. The fourth-order valence-electron chi connectivity index (χ4n) is 3.26. The molecule has 6 heteroatoms. The van der Waals surface area contributed by atoms with Crippen LogP contribution in [0.3, 0.4) is 0 Å². The minimum atomic E-state index is 0.350. The highest BCUT2D eigenvalue weighted by molar-refractivity contribution is 5.33. The number of likely N-dealkylation sites (tertiary alicyclic amines) is 1. The van der Waals surface area contributed by atoms with E-state index in [0.29, 0.717) is 6.04 Å². The average molecular weight is 322 g/mol. The Kier molecular flexibility index (Phi) is 4.13. The van der Waals surface area contributed by atoms with Gasteiger partial charge in [-0.15, -0.1) is 5.10 Å². The summed E-state index contributed by atoms with van der Waals surface area (Å²) in [5.41, 5.74) is 3.33. The molecule has 0 amide bonds. The molecule has 1 aliphatic rings. The molecule has 0 saturated carbocycles. The molecular formula is C18H22N6. The third-order valence-corrected chi connectivity index (χ3v) is 4.72. The maximum atomic E-state index is 4.37. The van der Waals surface area contributed by atoms with Crippen molar-refractivity contribution in [2.75, 3.05) is 13.1 Å². The van der Waals surface area contributed by atoms with Gasteiger partial charge in [0.05, 0.1) is 30.2 Å². The molecule has 124 valence electrons. The first-order chi connectivity index (χ1) is 11.8. The van der Waals surface area contributed by atoms with Gasteiger partial charge in [-0.05, 0) is 56.6 Å². The molecule has 0 spiro atoms. The molecular weight excluding hydrogens is 300 g/mol. The van der Waals surface area contributed by atoms with Gasteiger partial charge in [-0.1, -0.05) is 17.3 Å². The van der Waals surface area contributed by atoms with Gasteiger partial charge in [0.15, 0.2) is 0 Å². The van der Waals surface area contributed by atoms with E-state index in [9.17, 15) is 0 Å². The van der Waals surface area contributed by atoms with E-state index in [2.05, 4.69) is 57.7 Å². The van der Waals surface area contributed by atoms with Gasteiger partial charge in [0.1, 0.15) is 0 Å². The quantitative estimate of drug-likeness (QED) is 0.725. The van der Waals surface area contributed by atoms with Crippen LogP contribution >= 0.6 is 0 Å². The van der Waals surface area contributed by atoms with E-state index in [1.165, 1.54) is 31.5 Å². The monoisotopic (exact) mass is 322 g/mol. The topological polar surface area (TPSA) is 51.8 Å². The highest BCUT2D eigenvalue weighted by Crippen LogP contribution is 2.22. The van der Waals surface area contributed by atoms with Crippen molar-refractivity contribution in [1.29, 1.82) is 0 Å². The highest BCUT2D eigenvalue weighted by atomic mass is 15.4. The normalized spacial score (nSPS) is 16.5. The third-order valence-electron chi connectivity index (χ3n) is 4.72. The molecule has 3 heterocycles. The lowest BCUT2D eigenvalue weighted by atomic mass is 10.2. The van der Waals surface area contributed by atoms with Crippen LogP contribution in [-0.2, 0) is 6.54 Å². The minimum Gasteiger partial charge on any atom is -0.295 e. The standard InChI is InChI=1S/C18H22N6/c1-15(22-10-2-3-11-22)18-14-23(21-20-18)13-16-5-7-17(8-6-16)24-12-4-9-19-24/h4-9,12,14-15H,2-3,10-11,13H2,1H3. The number of rotatable bonds is 5. The first-order valence-electron chi connectivity index (χ1n) is 8.52. The van der Waals surface area contributed by atoms with Gasteiger partial charge in [0.25, 0.3) is 0 Å². The Morgan fingerprint density at radius 2 is 1.92 bits per heavy atom. The van der Waals surface area contributed by atoms with E-state index in [1.807, 2.05) is 21.6 Å². The van der Waals surface area contributed by atoms with Crippen molar-refractivity contribution in [3.05, 3.63) is 60.2 Å². The van der Waals surface area contributed by atoms with Crippen molar-refractivity contribution in [2.45, 2.75) is 32.4 Å². The van der Waals surface area contributed by atoms with Gasteiger partial charge in [-0.25, -0.2) is 9.36 Å². The van der Waals surface area contributed by atoms with Crippen LogP contribution in [0, 0.1) is 0 Å². The summed E-state index contributed by atoms with van der Waals surface area (Å²) in [5.74, 6) is 0. The summed E-state index contributed by atoms with van der Waals surface area (Å²) in [6.07, 6.45) is 8.39. The first kappa shape index (κ1) is 15.1. The Balaban J connectivity index is 1.44. The van der Waals surface area contributed by atoms with E-state index in [0.717, 1.165) is 17.9 Å². The van der Waals surface area contributed by atoms with Gasteiger partial charge in [-0.3, -0.25) is 4.90 Å². The van der Waals surface area contributed by atoms with Crippen LogP contribution in [0.4, 0.5) is 0 Å². The molecule has 4 rings (SSSR count). The van der Waals surface area contributed by atoms with Gasteiger partial charge < -0.3 is 0 Å². The van der Waals surface area contributed by atoms with Crippen molar-refractivity contribution < 1.29 is 0 Å². The summed E-state index contributed by atoms with van der Waals surface area (Å²) in [6.45, 7) is 5.30. The molecule has 0 radical (unpaired) electrons. The molecule has 1 fully saturated rings. The van der Waals surface area contributed by atoms with Gasteiger partial charge >= 0.3 is 0 Å². The lowest BCUT2D eigenvalue weighted by Gasteiger charge is -2.21. The highest BCUT2D eigenvalue weighted by Gasteiger charge is 2.21. The second kappa shape index (κ2) is 6.57. The van der Waals surface area contributed by atoms with E-state index < -0.39 is 0 Å². The van der Waals surface area contributed by atoms with Gasteiger partial charge in [0, 0.05) is 12.4 Å². The van der Waals surface area contributed by atoms with Crippen molar-refractivity contribution in [2.24, 2.45) is 0 Å². The average Bonchev–Trinajstić information content (AvgIpc) is 3.37. The van der Waals surface area contributed by atoms with E-state index in [1.54, 1.807) is 6.20 Å². The minimum absolute atomic E-state index is 0.350. The van der Waals surface area contributed by atoms with E-state index in [4.69, 9.17) is 0 Å². The molecule has 3 aromatic rings. The molecule has 24 heavy (non-hydrogen) atoms. The summed E-state index contributed by atoms with van der Waals surface area (Å²) in [6, 6.07) is 10.7. The molecule has 0 aliphatic carbocycles. The predicted molar refractivity (Wildman–Crippen MR) is 91.9 cm³/mol. The maximum Gasteiger partial charge on any atom is 0.0995 e. The summed E-state index contributed by atoms with van der Waals surface area (Å²) < 4.78 is 3.78. The largest absolute Gasteiger partial charge is 0.295 e. The van der Waals surface area contributed by atoms with Crippen molar-refractivity contribution in [3.63, 3.8) is 0 Å². The molecule has 1 atom stereocenters. The lowest BCUT2D eigenvalue weighted by molar-refractivity contribution is 0.258. The zero-order chi connectivity index (χ0) is 16.4. The number of benzene rings is 1. The van der Waals surface area contributed by atoms with Crippen LogP contribution in [0.5, 0.6) is 0 Å². The Morgan fingerprint density at radius 1 is 1.12 bits per heavy atom. The van der Waals surface area contributed by atoms with Crippen molar-refractivity contribution in [3.8, 4) is 5.69 Å². The molecule has 0 N–H and O–H groups in total. The van der Waals surface area contributed by atoms with Crippen LogP contribution in [0.15, 0.2) is 48.9 Å². The van der Waals surface area contributed by atoms with Crippen LogP contribution in [-0.4, -0.2) is 42.8 Å². The number of nitrogens with zero attached hydrogens (tertiary/aromatic N) is 6. The Morgan fingerprint density at radius 3 is 2.62 bits per heavy atom. The van der Waals surface area contributed by atoms with Crippen molar-refractivity contribution in [1.82, 2.24) is 29.7 Å². The molecule has 1 aliphatic heterocycles. The molecule has 1 unspecified atom stereocenters. The first-order valence-corrected chi connectivity index (χ1v) is 8.52. The Hall–Kier alpha value is -2.47. The number of aromatic nitrogens is 5. The summed E-state index contributed by atoms with van der Waals surface area (Å²) in [5, 5.41) is 12.9. The zero-order valence-corrected chi connectivity index (χ0v) is 13.9. The molecule has 0 bridgehead atoms. The van der Waals surface area contributed by atoms with Gasteiger partial charge in [-0.2, -0.15) is 5.10 Å². The molecule has 1 saturated heterocycles. The number of hydrogen-bond acceptors (Lipinski definition) is 4. The maximum absolute atomic E-state index is 4.37. The summed E-state index contributed by atoms with van der Waals surface area (Å²) in [4.78, 5) is 2.48. The van der Waals surface area contributed by atoms with Crippen LogP contribution in [0.25, 0.3) is 5.69 Å². The molecule has 6 nitrogen and oxygen atoms in total. The second-order valence-corrected chi connectivity index (χ2v) is 6.38. The van der Waals surface area contributed by atoms with Crippen LogP contribution < -0.4 is 0 Å². The molecule has 2 aromatic heterocycles. The Labute approximate surface area is 141 Å². The summed E-state index contributed by atoms with van der Waals surface area (Å²) >= 11 is 0. The van der Waals surface area contributed by atoms with E-state index in [-0.39, 0.29) is 0 Å². The lowest BCUT2D eigenvalue weighted by Crippen LogP contribution is -2.23. The van der Waals surface area contributed by atoms with E-state index >= 15 is 0 Å². The van der Waals surface area contributed by atoms with Gasteiger partial charge in [0.2, 0.25) is 0 Å². The second-order valence-electron chi connectivity index (χ2n) is 6.38.